The zero-order valence-corrected chi connectivity index (χ0v) is 17.8. The summed E-state index contributed by atoms with van der Waals surface area (Å²) in [6, 6.07) is 13.5. The van der Waals surface area contributed by atoms with Crippen molar-refractivity contribution in [2.45, 2.75) is 24.9 Å². The quantitative estimate of drug-likeness (QED) is 0.347. The molecular formula is C24H23FN6O2. The van der Waals surface area contributed by atoms with Crippen LogP contribution in [0.3, 0.4) is 0 Å². The molecule has 168 valence electrons. The number of anilines is 2. The predicted molar refractivity (Wildman–Crippen MR) is 124 cm³/mol. The predicted octanol–water partition coefficient (Wildman–Crippen LogP) is 2.76. The number of hydrogen-bond acceptors (Lipinski definition) is 6. The van der Waals surface area contributed by atoms with E-state index in [4.69, 9.17) is 5.73 Å². The van der Waals surface area contributed by atoms with Crippen LogP contribution in [0.15, 0.2) is 72.0 Å². The number of rotatable bonds is 9. The molecule has 0 aromatic heterocycles. The summed E-state index contributed by atoms with van der Waals surface area (Å²) in [6.45, 7) is 3.38. The third-order valence-corrected chi connectivity index (χ3v) is 5.12. The Kier molecular flexibility index (Phi) is 7.20. The van der Waals surface area contributed by atoms with Gasteiger partial charge in [-0.3, -0.25) is 14.6 Å². The average molecular weight is 446 g/mol. The molecule has 2 aromatic rings. The van der Waals surface area contributed by atoms with Crippen LogP contribution in [0.2, 0.25) is 0 Å². The van der Waals surface area contributed by atoms with Crippen LogP contribution in [0.5, 0.6) is 0 Å². The van der Waals surface area contributed by atoms with Gasteiger partial charge in [0.15, 0.2) is 0 Å². The number of nitriles is 1. The maximum Gasteiger partial charge on any atom is 0.255 e. The maximum atomic E-state index is 14.6. The zero-order chi connectivity index (χ0) is 23.8. The number of para-hydroxylation sites is 1. The van der Waals surface area contributed by atoms with Crippen molar-refractivity contribution < 1.29 is 14.0 Å². The van der Waals surface area contributed by atoms with Gasteiger partial charge < -0.3 is 21.7 Å². The fourth-order valence-corrected chi connectivity index (χ4v) is 3.09. The van der Waals surface area contributed by atoms with Crippen LogP contribution in [0, 0.1) is 17.1 Å². The van der Waals surface area contributed by atoms with Crippen LogP contribution in [0.25, 0.3) is 0 Å². The topological polar surface area (TPSA) is 132 Å². The number of hydrogen-bond donors (Lipinski definition) is 4. The summed E-state index contributed by atoms with van der Waals surface area (Å²) in [7, 11) is 0. The molecule has 33 heavy (non-hydrogen) atoms. The van der Waals surface area contributed by atoms with Crippen molar-refractivity contribution in [3.63, 3.8) is 0 Å². The van der Waals surface area contributed by atoms with Crippen LogP contribution >= 0.6 is 0 Å². The summed E-state index contributed by atoms with van der Waals surface area (Å²) >= 11 is 0. The molecule has 1 fully saturated rings. The Bertz CT molecular complexity index is 1180. The second kappa shape index (κ2) is 10.2. The van der Waals surface area contributed by atoms with Crippen molar-refractivity contribution >= 4 is 29.4 Å². The fourth-order valence-electron chi connectivity index (χ4n) is 3.09. The third kappa shape index (κ3) is 5.62. The van der Waals surface area contributed by atoms with Crippen molar-refractivity contribution in [1.29, 1.82) is 5.26 Å². The van der Waals surface area contributed by atoms with Gasteiger partial charge in [0.2, 0.25) is 5.91 Å². The van der Waals surface area contributed by atoms with E-state index in [0.29, 0.717) is 29.8 Å². The monoisotopic (exact) mass is 446 g/mol. The Morgan fingerprint density at radius 2 is 2.03 bits per heavy atom. The van der Waals surface area contributed by atoms with E-state index in [-0.39, 0.29) is 17.7 Å². The molecule has 0 aliphatic heterocycles. The van der Waals surface area contributed by atoms with E-state index in [0.717, 1.165) is 6.20 Å². The fraction of sp³-hybridized carbons (Fsp3) is 0.167. The molecule has 0 heterocycles. The minimum Gasteiger partial charge on any atom is -0.404 e. The van der Waals surface area contributed by atoms with Gasteiger partial charge in [-0.15, -0.1) is 0 Å². The number of nitrogens with one attached hydrogen (secondary N) is 3. The van der Waals surface area contributed by atoms with E-state index in [2.05, 4.69) is 33.6 Å². The molecule has 2 amide bonds. The molecule has 5 N–H and O–H groups in total. The summed E-state index contributed by atoms with van der Waals surface area (Å²) in [6.07, 6.45) is 4.52. The number of aliphatic imine (C=N–C) groups is 1. The van der Waals surface area contributed by atoms with Crippen molar-refractivity contribution in [3.05, 3.63) is 84.0 Å². The molecule has 0 unspecified atom stereocenters. The Hall–Kier alpha value is -4.45. The summed E-state index contributed by atoms with van der Waals surface area (Å²) < 4.78 is 14.6. The lowest BCUT2D eigenvalue weighted by molar-refractivity contribution is -0.128. The normalized spacial score (nSPS) is 14.2. The minimum absolute atomic E-state index is 0.0468. The number of amides is 2. The lowest BCUT2D eigenvalue weighted by Gasteiger charge is -2.18. The first-order chi connectivity index (χ1) is 15.9. The highest BCUT2D eigenvalue weighted by Crippen LogP contribution is 2.36. The molecule has 0 spiro atoms. The molecule has 3 rings (SSSR count). The molecule has 1 aliphatic rings. The van der Waals surface area contributed by atoms with Gasteiger partial charge in [0, 0.05) is 36.4 Å². The van der Waals surface area contributed by atoms with Crippen molar-refractivity contribution in [2.75, 3.05) is 5.32 Å². The molecular weight excluding hydrogens is 423 g/mol. The maximum absolute atomic E-state index is 14.6. The molecule has 0 radical (unpaired) electrons. The molecule has 0 atom stereocenters. The van der Waals surface area contributed by atoms with Gasteiger partial charge in [-0.1, -0.05) is 24.8 Å². The van der Waals surface area contributed by atoms with E-state index in [9.17, 15) is 19.2 Å². The molecule has 0 bridgehead atoms. The van der Waals surface area contributed by atoms with Crippen molar-refractivity contribution in [1.82, 2.24) is 10.6 Å². The highest BCUT2D eigenvalue weighted by atomic mass is 19.1. The second-order valence-corrected chi connectivity index (χ2v) is 7.39. The largest absolute Gasteiger partial charge is 0.404 e. The minimum atomic E-state index is -1.05. The van der Waals surface area contributed by atoms with E-state index in [1.807, 2.05) is 0 Å². The van der Waals surface area contributed by atoms with Crippen LogP contribution in [0.4, 0.5) is 15.8 Å². The van der Waals surface area contributed by atoms with Crippen LogP contribution in [-0.2, 0) is 16.1 Å². The van der Waals surface area contributed by atoms with Gasteiger partial charge in [-0.25, -0.2) is 4.39 Å². The molecule has 1 aliphatic carbocycles. The third-order valence-electron chi connectivity index (χ3n) is 5.12. The van der Waals surface area contributed by atoms with E-state index in [1.165, 1.54) is 18.5 Å². The number of nitrogens with zero attached hydrogens (tertiary/aromatic N) is 2. The first-order valence-corrected chi connectivity index (χ1v) is 10.1. The number of carbonyl (C=O) groups excluding carboxylic acids is 2. The van der Waals surface area contributed by atoms with Gasteiger partial charge >= 0.3 is 0 Å². The highest BCUT2D eigenvalue weighted by molar-refractivity contribution is 6.13. The second-order valence-electron chi connectivity index (χ2n) is 7.39. The average Bonchev–Trinajstić information content (AvgIpc) is 3.60. The molecule has 2 aromatic carbocycles. The molecule has 8 nitrogen and oxygen atoms in total. The molecule has 9 heteroatoms. The van der Waals surface area contributed by atoms with Gasteiger partial charge in [-0.05, 0) is 37.1 Å². The Balaban J connectivity index is 1.61. The van der Waals surface area contributed by atoms with Crippen molar-refractivity contribution in [3.8, 4) is 6.07 Å². The van der Waals surface area contributed by atoms with Crippen LogP contribution in [-0.4, -0.2) is 23.6 Å². The summed E-state index contributed by atoms with van der Waals surface area (Å²) in [5, 5.41) is 17.5. The highest BCUT2D eigenvalue weighted by Gasteiger charge is 2.51. The number of halogens is 1. The standard InChI is InChI=1S/C24H23FN6O2/c1-2-28-14-18(13-27)22(32)31-24(9-10-24)23(33)29-15-17-7-8-19(11-20(17)25)30-21-6-4-3-5-16(21)12-26/h2-8,11,13-14,30H,1,9-10,15,27H2,(H,29,33)(H,31,32)/b18-13+,28-14?. The van der Waals surface area contributed by atoms with E-state index in [1.54, 1.807) is 36.4 Å². The first-order valence-electron chi connectivity index (χ1n) is 10.1. The van der Waals surface area contributed by atoms with Crippen LogP contribution < -0.4 is 21.7 Å². The van der Waals surface area contributed by atoms with Gasteiger partial charge in [-0.2, -0.15) is 5.26 Å². The van der Waals surface area contributed by atoms with E-state index < -0.39 is 23.2 Å². The Morgan fingerprint density at radius 3 is 2.67 bits per heavy atom. The van der Waals surface area contributed by atoms with Crippen LogP contribution in [0.1, 0.15) is 24.0 Å². The van der Waals surface area contributed by atoms with Gasteiger partial charge in [0.05, 0.1) is 16.8 Å². The summed E-state index contributed by atoms with van der Waals surface area (Å²) in [4.78, 5) is 28.8. The van der Waals surface area contributed by atoms with Crippen molar-refractivity contribution in [2.24, 2.45) is 10.7 Å². The summed E-state index contributed by atoms with van der Waals surface area (Å²) in [5.74, 6) is -1.45. The number of nitrogens with two attached hydrogens (primary N) is 1. The molecule has 1 saturated carbocycles. The summed E-state index contributed by atoms with van der Waals surface area (Å²) in [5.41, 5.74) is 6.25. The zero-order valence-electron chi connectivity index (χ0n) is 17.8. The first kappa shape index (κ1) is 23.2. The lowest BCUT2D eigenvalue weighted by Crippen LogP contribution is -2.49. The number of carbonyl (C=O) groups is 2. The lowest BCUT2D eigenvalue weighted by atomic mass is 10.1. The van der Waals surface area contributed by atoms with Gasteiger partial charge in [0.25, 0.3) is 5.91 Å². The van der Waals surface area contributed by atoms with E-state index >= 15 is 0 Å². The SMILES string of the molecule is C=CN=C/C(=C\N)C(=O)NC1(C(=O)NCc2ccc(Nc3ccccc3C#N)cc2F)CC1. The molecule has 0 saturated heterocycles. The Morgan fingerprint density at radius 1 is 1.27 bits per heavy atom. The van der Waals surface area contributed by atoms with Gasteiger partial charge in [0.1, 0.15) is 17.4 Å². The smallest absolute Gasteiger partial charge is 0.255 e. The Labute approximate surface area is 190 Å². The number of benzene rings is 2.